The molecule has 5 heterocycles. The van der Waals surface area contributed by atoms with Crippen LogP contribution in [-0.4, -0.2) is 38.5 Å². The van der Waals surface area contributed by atoms with E-state index in [1.54, 1.807) is 29.4 Å². The molecule has 3 aliphatic rings. The lowest BCUT2D eigenvalue weighted by molar-refractivity contribution is 0.150. The number of nitrogens with one attached hydrogen (secondary N) is 1. The van der Waals surface area contributed by atoms with E-state index in [2.05, 4.69) is 69.3 Å². The Hall–Kier alpha value is -3.36. The van der Waals surface area contributed by atoms with E-state index in [9.17, 15) is 0 Å². The van der Waals surface area contributed by atoms with Gasteiger partial charge in [-0.05, 0) is 69.5 Å². The second-order valence-corrected chi connectivity index (χ2v) is 12.3. The van der Waals surface area contributed by atoms with Gasteiger partial charge in [0, 0.05) is 22.5 Å². The minimum absolute atomic E-state index is 0.249. The summed E-state index contributed by atoms with van der Waals surface area (Å²) in [7, 11) is 0. The third-order valence-corrected chi connectivity index (χ3v) is 9.60. The average Bonchev–Trinajstić information content (AvgIpc) is 3.60. The van der Waals surface area contributed by atoms with Crippen molar-refractivity contribution in [3.05, 3.63) is 87.0 Å². The van der Waals surface area contributed by atoms with E-state index in [1.807, 2.05) is 6.92 Å². The van der Waals surface area contributed by atoms with Crippen molar-refractivity contribution in [1.29, 1.82) is 0 Å². The van der Waals surface area contributed by atoms with Crippen molar-refractivity contribution in [3.63, 3.8) is 0 Å². The number of aryl methyl sites for hydroxylation is 2. The maximum absolute atomic E-state index is 5.61. The number of hydrogen-bond donors (Lipinski definition) is 1. The molecule has 2 aliphatic heterocycles. The van der Waals surface area contributed by atoms with Crippen LogP contribution in [0, 0.1) is 26.2 Å². The molecule has 7 rings (SSSR count). The number of nitrogens with zero attached hydrogens (tertiary/aromatic N) is 5. The van der Waals surface area contributed by atoms with Crippen molar-refractivity contribution in [2.75, 3.05) is 13.1 Å². The molecule has 1 saturated carbocycles. The van der Waals surface area contributed by atoms with Gasteiger partial charge in [0.05, 0.1) is 18.3 Å². The normalized spacial score (nSPS) is 22.4. The maximum Gasteiger partial charge on any atom is 0.196 e. The van der Waals surface area contributed by atoms with E-state index in [0.29, 0.717) is 17.7 Å². The molecule has 1 saturated heterocycles. The monoisotopic (exact) mass is 524 g/mol. The van der Waals surface area contributed by atoms with Crippen molar-refractivity contribution in [2.45, 2.75) is 58.9 Å². The van der Waals surface area contributed by atoms with Gasteiger partial charge in [-0.25, -0.2) is 4.98 Å². The van der Waals surface area contributed by atoms with E-state index in [0.717, 1.165) is 27.9 Å². The molecule has 194 valence electrons. The predicted octanol–water partition coefficient (Wildman–Crippen LogP) is 5.92. The fourth-order valence-electron chi connectivity index (χ4n) is 6.36. The van der Waals surface area contributed by atoms with Gasteiger partial charge in [0.25, 0.3) is 0 Å². The summed E-state index contributed by atoms with van der Waals surface area (Å²) < 4.78 is 7.78. The number of aliphatic imine (C=N–C) groups is 1. The van der Waals surface area contributed by atoms with Crippen LogP contribution in [0.25, 0.3) is 11.1 Å². The number of rotatable bonds is 4. The predicted molar refractivity (Wildman–Crippen MR) is 150 cm³/mol. The number of aromatic nitrogens is 4. The fraction of sp³-hybridized carbons (Fsp3) is 0.400. The molecule has 1 aliphatic carbocycles. The zero-order valence-corrected chi connectivity index (χ0v) is 22.9. The molecule has 7 nitrogen and oxygen atoms in total. The number of piperidine rings is 1. The van der Waals surface area contributed by atoms with Crippen LogP contribution >= 0.6 is 11.3 Å². The Morgan fingerprint density at radius 1 is 1.16 bits per heavy atom. The highest BCUT2D eigenvalue weighted by Gasteiger charge is 2.41. The van der Waals surface area contributed by atoms with Gasteiger partial charge in [0.2, 0.25) is 0 Å². The summed E-state index contributed by atoms with van der Waals surface area (Å²) in [4.78, 5) is 11.0. The third-order valence-electron chi connectivity index (χ3n) is 8.41. The standard InChI is InChI=1S/C30H32N6OS/c1-18-19(2)38-29-26(18)27(33-24(14-25-32-11-12-37-25)28-35-34-20(3)36(28)29)23-7-5-21(6-8-23)13-22-15-30(16-22)9-4-10-31-17-30/h5-8,11-13,24,31H,4,9-10,14-17H2,1-3H3. The molecule has 1 unspecified atom stereocenters. The fourth-order valence-corrected chi connectivity index (χ4v) is 7.58. The summed E-state index contributed by atoms with van der Waals surface area (Å²) in [6, 6.07) is 8.67. The molecule has 2 fully saturated rings. The summed E-state index contributed by atoms with van der Waals surface area (Å²) in [5, 5.41) is 13.7. The van der Waals surface area contributed by atoms with Gasteiger partial charge in [-0.3, -0.25) is 9.56 Å². The first-order valence-corrected chi connectivity index (χ1v) is 14.3. The van der Waals surface area contributed by atoms with Crippen LogP contribution < -0.4 is 5.32 Å². The molecule has 8 heteroatoms. The van der Waals surface area contributed by atoms with E-state index < -0.39 is 0 Å². The minimum atomic E-state index is -0.249. The van der Waals surface area contributed by atoms with Crippen LogP contribution in [0.15, 0.2) is 51.7 Å². The van der Waals surface area contributed by atoms with Crippen LogP contribution in [0.2, 0.25) is 0 Å². The highest BCUT2D eigenvalue weighted by Crippen LogP contribution is 2.50. The van der Waals surface area contributed by atoms with E-state index in [4.69, 9.17) is 9.41 Å². The van der Waals surface area contributed by atoms with Crippen LogP contribution in [0.5, 0.6) is 0 Å². The Labute approximate surface area is 226 Å². The Balaban J connectivity index is 1.26. The summed E-state index contributed by atoms with van der Waals surface area (Å²) in [6.07, 6.45) is 11.3. The third kappa shape index (κ3) is 3.98. The maximum atomic E-state index is 5.61. The quantitative estimate of drug-likeness (QED) is 0.358. The van der Waals surface area contributed by atoms with Crippen molar-refractivity contribution >= 4 is 23.1 Å². The molecule has 0 amide bonds. The second-order valence-electron chi connectivity index (χ2n) is 11.1. The Morgan fingerprint density at radius 3 is 2.74 bits per heavy atom. The number of allylic oxidation sites excluding steroid dienone is 1. The van der Waals surface area contributed by atoms with Crippen LogP contribution in [0.1, 0.15) is 76.4 Å². The molecule has 4 aromatic rings. The molecule has 38 heavy (non-hydrogen) atoms. The first kappa shape index (κ1) is 23.7. The summed E-state index contributed by atoms with van der Waals surface area (Å²) in [6.45, 7) is 8.73. The zero-order chi connectivity index (χ0) is 25.9. The Bertz CT molecular complexity index is 1540. The number of benzene rings is 1. The lowest BCUT2D eigenvalue weighted by Gasteiger charge is -2.47. The minimum Gasteiger partial charge on any atom is -0.449 e. The molecular formula is C30H32N6OS. The van der Waals surface area contributed by atoms with E-state index >= 15 is 0 Å². The average molecular weight is 525 g/mol. The van der Waals surface area contributed by atoms with Crippen LogP contribution in [0.4, 0.5) is 0 Å². The highest BCUT2D eigenvalue weighted by atomic mass is 32.1. The molecule has 1 spiro atoms. The topological polar surface area (TPSA) is 81.1 Å². The SMILES string of the molecule is Cc1sc2c(c1C)C(c1ccc(C=C3CC4(CCCNC4)C3)cc1)=NC(Cc1ncco1)c1nnc(C)n1-2. The van der Waals surface area contributed by atoms with Crippen molar-refractivity contribution in [2.24, 2.45) is 10.4 Å². The van der Waals surface area contributed by atoms with Crippen molar-refractivity contribution in [3.8, 4) is 5.00 Å². The van der Waals surface area contributed by atoms with Crippen LogP contribution in [-0.2, 0) is 6.42 Å². The number of thiophene rings is 1. The molecule has 0 radical (unpaired) electrons. The van der Waals surface area contributed by atoms with Gasteiger partial charge >= 0.3 is 0 Å². The Morgan fingerprint density at radius 2 is 2.00 bits per heavy atom. The first-order chi connectivity index (χ1) is 18.5. The van der Waals surface area contributed by atoms with Gasteiger partial charge < -0.3 is 9.73 Å². The van der Waals surface area contributed by atoms with Gasteiger partial charge in [-0.1, -0.05) is 35.9 Å². The molecule has 1 aromatic carbocycles. The summed E-state index contributed by atoms with van der Waals surface area (Å²) in [5.74, 6) is 2.34. The first-order valence-electron chi connectivity index (χ1n) is 13.5. The van der Waals surface area contributed by atoms with Gasteiger partial charge in [-0.15, -0.1) is 21.5 Å². The lowest BCUT2D eigenvalue weighted by atomic mass is 9.61. The molecular weight excluding hydrogens is 492 g/mol. The molecule has 1 N–H and O–H groups in total. The van der Waals surface area contributed by atoms with Crippen molar-refractivity contribution in [1.82, 2.24) is 25.1 Å². The smallest absolute Gasteiger partial charge is 0.196 e. The number of fused-ring (bicyclic) bond motifs is 3. The van der Waals surface area contributed by atoms with E-state index in [1.165, 1.54) is 60.3 Å². The second kappa shape index (κ2) is 9.13. The van der Waals surface area contributed by atoms with Gasteiger partial charge in [-0.2, -0.15) is 0 Å². The van der Waals surface area contributed by atoms with Gasteiger partial charge in [0.15, 0.2) is 11.7 Å². The lowest BCUT2D eigenvalue weighted by Crippen LogP contribution is -2.45. The van der Waals surface area contributed by atoms with Crippen LogP contribution in [0.3, 0.4) is 0 Å². The highest BCUT2D eigenvalue weighted by molar-refractivity contribution is 7.15. The molecule has 3 aromatic heterocycles. The summed E-state index contributed by atoms with van der Waals surface area (Å²) >= 11 is 1.78. The number of oxazole rings is 1. The summed E-state index contributed by atoms with van der Waals surface area (Å²) in [5.41, 5.74) is 7.89. The number of hydrogen-bond acceptors (Lipinski definition) is 7. The van der Waals surface area contributed by atoms with Gasteiger partial charge in [0.1, 0.15) is 23.1 Å². The molecule has 1 atom stereocenters. The van der Waals surface area contributed by atoms with Crippen molar-refractivity contribution < 1.29 is 4.42 Å². The Kier molecular flexibility index (Phi) is 5.70. The molecule has 0 bridgehead atoms. The van der Waals surface area contributed by atoms with E-state index in [-0.39, 0.29) is 6.04 Å². The zero-order valence-electron chi connectivity index (χ0n) is 22.1. The largest absolute Gasteiger partial charge is 0.449 e.